The van der Waals surface area contributed by atoms with E-state index in [0.29, 0.717) is 17.1 Å². The number of carbonyl (C=O) groups is 1. The third-order valence-electron chi connectivity index (χ3n) is 3.56. The van der Waals surface area contributed by atoms with E-state index in [9.17, 15) is 4.79 Å². The number of nitrogens with zero attached hydrogens (tertiary/aromatic N) is 2. The van der Waals surface area contributed by atoms with Crippen molar-refractivity contribution in [1.29, 1.82) is 0 Å². The average Bonchev–Trinajstić information content (AvgIpc) is 2.92. The van der Waals surface area contributed by atoms with Crippen molar-refractivity contribution in [2.45, 2.75) is 37.5 Å². The molecule has 1 aromatic heterocycles. The molecular weight excluding hydrogens is 250 g/mol. The summed E-state index contributed by atoms with van der Waals surface area (Å²) in [6.45, 7) is 1.89. The van der Waals surface area contributed by atoms with Crippen LogP contribution in [-0.2, 0) is 4.74 Å². The number of thioether (sulfide) groups is 1. The number of ether oxygens (including phenoxy) is 1. The summed E-state index contributed by atoms with van der Waals surface area (Å²) in [6.07, 6.45) is 5.59. The standard InChI is InChI=1S/C12H19N3O2S/c1-7-14-10(12(16)17-2)11(13)15(7)8-5-4-6-9(8)18-3/h8-9H,4-6,13H2,1-3H3. The van der Waals surface area contributed by atoms with Gasteiger partial charge in [0.2, 0.25) is 0 Å². The predicted octanol–water partition coefficient (Wildman–Crippen LogP) is 2.02. The number of imidazole rings is 1. The van der Waals surface area contributed by atoms with Crippen molar-refractivity contribution in [2.24, 2.45) is 0 Å². The molecule has 0 aromatic carbocycles. The Balaban J connectivity index is 2.39. The molecule has 6 heteroatoms. The molecule has 0 bridgehead atoms. The Bertz CT molecular complexity index is 458. The van der Waals surface area contributed by atoms with E-state index >= 15 is 0 Å². The van der Waals surface area contributed by atoms with E-state index in [1.165, 1.54) is 20.0 Å². The van der Waals surface area contributed by atoms with Crippen molar-refractivity contribution in [3.05, 3.63) is 11.5 Å². The maximum Gasteiger partial charge on any atom is 0.360 e. The van der Waals surface area contributed by atoms with E-state index in [2.05, 4.69) is 11.2 Å². The maximum atomic E-state index is 11.6. The Morgan fingerprint density at radius 2 is 2.28 bits per heavy atom. The van der Waals surface area contributed by atoms with Gasteiger partial charge in [0.1, 0.15) is 11.6 Å². The van der Waals surface area contributed by atoms with E-state index in [1.807, 2.05) is 23.3 Å². The number of carbonyl (C=O) groups excluding carboxylic acids is 1. The van der Waals surface area contributed by atoms with Gasteiger partial charge in [-0.25, -0.2) is 9.78 Å². The van der Waals surface area contributed by atoms with Crippen LogP contribution in [0.4, 0.5) is 5.82 Å². The highest BCUT2D eigenvalue weighted by atomic mass is 32.2. The van der Waals surface area contributed by atoms with Crippen LogP contribution in [0, 0.1) is 6.92 Å². The molecule has 0 saturated heterocycles. The number of aromatic nitrogens is 2. The minimum atomic E-state index is -0.465. The van der Waals surface area contributed by atoms with Crippen LogP contribution < -0.4 is 5.73 Å². The lowest BCUT2D eigenvalue weighted by Crippen LogP contribution is -2.19. The molecule has 2 unspecified atom stereocenters. The molecule has 1 aromatic rings. The van der Waals surface area contributed by atoms with Crippen molar-refractivity contribution in [2.75, 3.05) is 19.1 Å². The molecule has 2 rings (SSSR count). The number of methoxy groups -OCH3 is 1. The second kappa shape index (κ2) is 5.22. The third-order valence-corrected chi connectivity index (χ3v) is 4.71. The van der Waals surface area contributed by atoms with E-state index in [0.717, 1.165) is 12.2 Å². The molecule has 1 aliphatic rings. The van der Waals surface area contributed by atoms with E-state index in [1.54, 1.807) is 0 Å². The Morgan fingerprint density at radius 1 is 1.56 bits per heavy atom. The van der Waals surface area contributed by atoms with E-state index < -0.39 is 5.97 Å². The first-order valence-corrected chi connectivity index (χ1v) is 7.34. The molecule has 1 fully saturated rings. The highest BCUT2D eigenvalue weighted by molar-refractivity contribution is 7.99. The van der Waals surface area contributed by atoms with Crippen LogP contribution in [0.3, 0.4) is 0 Å². The van der Waals surface area contributed by atoms with Crippen LogP contribution >= 0.6 is 11.8 Å². The largest absolute Gasteiger partial charge is 0.464 e. The fraction of sp³-hybridized carbons (Fsp3) is 0.667. The number of nitrogens with two attached hydrogens (primary N) is 1. The van der Waals surface area contributed by atoms with Crippen molar-refractivity contribution < 1.29 is 9.53 Å². The predicted molar refractivity (Wildman–Crippen MR) is 72.9 cm³/mol. The number of rotatable bonds is 3. The van der Waals surface area contributed by atoms with Gasteiger partial charge in [-0.2, -0.15) is 11.8 Å². The lowest BCUT2D eigenvalue weighted by Gasteiger charge is -2.21. The molecule has 2 atom stereocenters. The monoisotopic (exact) mass is 269 g/mol. The molecule has 5 nitrogen and oxygen atoms in total. The highest BCUT2D eigenvalue weighted by Crippen LogP contribution is 2.39. The molecule has 0 amide bonds. The van der Waals surface area contributed by atoms with Crippen LogP contribution in [0.5, 0.6) is 0 Å². The van der Waals surface area contributed by atoms with Gasteiger partial charge in [0.05, 0.1) is 7.11 Å². The fourth-order valence-electron chi connectivity index (χ4n) is 2.70. The van der Waals surface area contributed by atoms with Crippen molar-refractivity contribution in [3.8, 4) is 0 Å². The number of nitrogen functional groups attached to an aromatic ring is 1. The number of hydrogen-bond acceptors (Lipinski definition) is 5. The van der Waals surface area contributed by atoms with Crippen LogP contribution in [-0.4, -0.2) is 34.1 Å². The van der Waals surface area contributed by atoms with Crippen molar-refractivity contribution >= 4 is 23.5 Å². The summed E-state index contributed by atoms with van der Waals surface area (Å²) in [4.78, 5) is 15.8. The number of esters is 1. The highest BCUT2D eigenvalue weighted by Gasteiger charge is 2.32. The average molecular weight is 269 g/mol. The fourth-order valence-corrected chi connectivity index (χ4v) is 3.68. The molecule has 1 aliphatic carbocycles. The zero-order valence-electron chi connectivity index (χ0n) is 11.0. The number of aryl methyl sites for hydroxylation is 1. The van der Waals surface area contributed by atoms with Gasteiger partial charge in [-0.05, 0) is 26.0 Å². The topological polar surface area (TPSA) is 70.1 Å². The van der Waals surface area contributed by atoms with Gasteiger partial charge in [0.15, 0.2) is 5.69 Å². The maximum absolute atomic E-state index is 11.6. The normalized spacial score (nSPS) is 23.3. The second-order valence-corrected chi connectivity index (χ2v) is 5.60. The van der Waals surface area contributed by atoms with Gasteiger partial charge in [0, 0.05) is 11.3 Å². The zero-order valence-corrected chi connectivity index (χ0v) is 11.8. The van der Waals surface area contributed by atoms with Crippen LogP contribution in [0.2, 0.25) is 0 Å². The zero-order chi connectivity index (χ0) is 13.3. The van der Waals surface area contributed by atoms with Crippen LogP contribution in [0.15, 0.2) is 0 Å². The van der Waals surface area contributed by atoms with Gasteiger partial charge in [-0.3, -0.25) is 0 Å². The van der Waals surface area contributed by atoms with Crippen molar-refractivity contribution in [3.63, 3.8) is 0 Å². The Morgan fingerprint density at radius 3 is 2.89 bits per heavy atom. The first-order chi connectivity index (χ1) is 8.60. The first kappa shape index (κ1) is 13.3. The van der Waals surface area contributed by atoms with Crippen LogP contribution in [0.25, 0.3) is 0 Å². The molecule has 0 spiro atoms. The molecule has 1 heterocycles. The summed E-state index contributed by atoms with van der Waals surface area (Å²) in [7, 11) is 1.34. The third kappa shape index (κ3) is 2.09. The number of anilines is 1. The molecule has 0 aliphatic heterocycles. The summed E-state index contributed by atoms with van der Waals surface area (Å²) < 4.78 is 6.70. The van der Waals surface area contributed by atoms with Gasteiger partial charge in [-0.1, -0.05) is 6.42 Å². The summed E-state index contributed by atoms with van der Waals surface area (Å²) >= 11 is 1.86. The lowest BCUT2D eigenvalue weighted by atomic mass is 10.2. The van der Waals surface area contributed by atoms with E-state index in [4.69, 9.17) is 10.5 Å². The smallest absolute Gasteiger partial charge is 0.360 e. The minimum Gasteiger partial charge on any atom is -0.464 e. The van der Waals surface area contributed by atoms with Gasteiger partial charge in [0.25, 0.3) is 0 Å². The van der Waals surface area contributed by atoms with Gasteiger partial charge < -0.3 is 15.0 Å². The first-order valence-electron chi connectivity index (χ1n) is 6.05. The summed E-state index contributed by atoms with van der Waals surface area (Å²) in [5.41, 5.74) is 6.31. The molecule has 1 saturated carbocycles. The molecule has 18 heavy (non-hydrogen) atoms. The second-order valence-electron chi connectivity index (χ2n) is 4.53. The minimum absolute atomic E-state index is 0.238. The molecule has 0 radical (unpaired) electrons. The Kier molecular flexibility index (Phi) is 3.85. The van der Waals surface area contributed by atoms with Crippen molar-refractivity contribution in [1.82, 2.24) is 9.55 Å². The summed E-state index contributed by atoms with van der Waals surface area (Å²) in [5, 5.41) is 0.547. The molecule has 2 N–H and O–H groups in total. The summed E-state index contributed by atoms with van der Waals surface area (Å²) in [6, 6.07) is 0.339. The number of hydrogen-bond donors (Lipinski definition) is 1. The summed E-state index contributed by atoms with van der Waals surface area (Å²) in [5.74, 6) is 0.761. The SMILES string of the molecule is COC(=O)c1nc(C)n(C2CCCC2SC)c1N. The Hall–Kier alpha value is -1.17. The molecule has 100 valence electrons. The Labute approximate surface area is 111 Å². The lowest BCUT2D eigenvalue weighted by molar-refractivity contribution is 0.0595. The van der Waals surface area contributed by atoms with E-state index in [-0.39, 0.29) is 5.69 Å². The van der Waals surface area contributed by atoms with Crippen LogP contribution in [0.1, 0.15) is 41.6 Å². The molecular formula is C12H19N3O2S. The van der Waals surface area contributed by atoms with Gasteiger partial charge in [-0.15, -0.1) is 0 Å². The van der Waals surface area contributed by atoms with Gasteiger partial charge >= 0.3 is 5.97 Å². The quantitative estimate of drug-likeness (QED) is 0.850.